The zero-order chi connectivity index (χ0) is 35.5. The number of benzene rings is 5. The smallest absolute Gasteiger partial charge is 0.165 e. The topological polar surface area (TPSA) is 30.5 Å². The fourth-order valence-corrected chi connectivity index (χ4v) is 9.21. The number of rotatable bonds is 5. The van der Waals surface area contributed by atoms with Gasteiger partial charge in [-0.1, -0.05) is 145 Å². The molecule has 5 aliphatic rings. The zero-order valence-electron chi connectivity index (χ0n) is 29.4. The van der Waals surface area contributed by atoms with Crippen molar-refractivity contribution in [1.29, 1.82) is 0 Å². The van der Waals surface area contributed by atoms with Crippen molar-refractivity contribution >= 4 is 16.8 Å². The van der Waals surface area contributed by atoms with Gasteiger partial charge in [-0.05, 0) is 86.9 Å². The Morgan fingerprint density at radius 2 is 1.40 bits per heavy atom. The minimum atomic E-state index is -0.533. The van der Waals surface area contributed by atoms with Crippen LogP contribution in [-0.4, -0.2) is 18.2 Å². The Balaban J connectivity index is 1.000. The molecule has 0 fully saturated rings. The van der Waals surface area contributed by atoms with Crippen molar-refractivity contribution in [3.63, 3.8) is 0 Å². The summed E-state index contributed by atoms with van der Waals surface area (Å²) in [6.45, 7) is 2.06. The van der Waals surface area contributed by atoms with Crippen LogP contribution in [0.5, 0.6) is 0 Å². The van der Waals surface area contributed by atoms with Crippen LogP contribution in [0.1, 0.15) is 35.6 Å². The van der Waals surface area contributed by atoms with E-state index in [0.29, 0.717) is 6.42 Å². The van der Waals surface area contributed by atoms with E-state index in [-0.39, 0.29) is 18.2 Å². The van der Waals surface area contributed by atoms with E-state index in [0.717, 1.165) is 33.9 Å². The molecular weight excluding hydrogens is 647 g/mol. The molecule has 254 valence electrons. The Kier molecular flexibility index (Phi) is 7.27. The number of fused-ring (bicyclic) bond motifs is 8. The highest BCUT2D eigenvalue weighted by atomic mass is 16.6. The van der Waals surface area contributed by atoms with Gasteiger partial charge in [-0.3, -0.25) is 0 Å². The van der Waals surface area contributed by atoms with Gasteiger partial charge >= 0.3 is 0 Å². The summed E-state index contributed by atoms with van der Waals surface area (Å²) < 4.78 is 13.9. The molecule has 5 aromatic rings. The third kappa shape index (κ3) is 4.69. The summed E-state index contributed by atoms with van der Waals surface area (Å²) in [5, 5.41) is 3.80. The Morgan fingerprint density at radius 3 is 2.13 bits per heavy atom. The fourth-order valence-electron chi connectivity index (χ4n) is 9.21. The number of allylic oxidation sites excluding steroid dienone is 7. The van der Waals surface area contributed by atoms with E-state index >= 15 is 0 Å². The van der Waals surface area contributed by atoms with E-state index in [1.807, 2.05) is 0 Å². The first-order chi connectivity index (χ1) is 26.2. The van der Waals surface area contributed by atoms with Crippen molar-refractivity contribution in [2.75, 3.05) is 5.32 Å². The Hall–Kier alpha value is -6.50. The highest BCUT2D eigenvalue weighted by molar-refractivity contribution is 6.01. The first kappa shape index (κ1) is 31.3. The van der Waals surface area contributed by atoms with Crippen molar-refractivity contribution in [3.8, 4) is 34.6 Å². The van der Waals surface area contributed by atoms with E-state index < -0.39 is 5.41 Å². The predicted octanol–water partition coefficient (Wildman–Crippen LogP) is 11.1. The van der Waals surface area contributed by atoms with E-state index in [1.54, 1.807) is 0 Å². The SMILES string of the molecule is C#CC1=C(/C=C\C)C2(C3=C(c4ccccc42)C2OC4=C(C=CC(Nc5ccc(-c6ccccc6)c(-c6ccccc6)c5)C4)OC2C=C3)c2ccccc21. The van der Waals surface area contributed by atoms with Crippen LogP contribution in [0, 0.1) is 12.3 Å². The second kappa shape index (κ2) is 12.3. The summed E-state index contributed by atoms with van der Waals surface area (Å²) in [6, 6.07) is 45.3. The van der Waals surface area contributed by atoms with Crippen LogP contribution in [0.3, 0.4) is 0 Å². The van der Waals surface area contributed by atoms with E-state index in [1.165, 1.54) is 50.1 Å². The quantitative estimate of drug-likeness (QED) is 0.187. The lowest BCUT2D eigenvalue weighted by molar-refractivity contribution is -0.0131. The van der Waals surface area contributed by atoms with Gasteiger partial charge in [-0.2, -0.15) is 0 Å². The molecule has 0 amide bonds. The number of ether oxygens (including phenoxy) is 2. The third-order valence-electron chi connectivity index (χ3n) is 11.3. The van der Waals surface area contributed by atoms with Crippen molar-refractivity contribution in [2.45, 2.75) is 37.0 Å². The fraction of sp³-hybridized carbons (Fsp3) is 0.120. The normalized spacial score (nSPS) is 23.2. The summed E-state index contributed by atoms with van der Waals surface area (Å²) in [5.41, 5.74) is 14.5. The van der Waals surface area contributed by atoms with Crippen LogP contribution in [0.25, 0.3) is 33.4 Å². The van der Waals surface area contributed by atoms with E-state index in [2.05, 4.69) is 182 Å². The third-order valence-corrected chi connectivity index (χ3v) is 11.3. The van der Waals surface area contributed by atoms with Crippen LogP contribution in [0.4, 0.5) is 5.69 Å². The predicted molar refractivity (Wildman–Crippen MR) is 216 cm³/mol. The molecular formula is C50H37NO2. The highest BCUT2D eigenvalue weighted by Crippen LogP contribution is 2.63. The molecule has 1 aliphatic heterocycles. The van der Waals surface area contributed by atoms with Gasteiger partial charge in [0.1, 0.15) is 5.76 Å². The molecule has 53 heavy (non-hydrogen) atoms. The number of nitrogens with one attached hydrogen (secondary N) is 1. The van der Waals surface area contributed by atoms with Crippen LogP contribution in [0.2, 0.25) is 0 Å². The van der Waals surface area contributed by atoms with Gasteiger partial charge in [0, 0.05) is 23.3 Å². The standard InChI is InChI=1S/C50H37NO2/c1-3-15-41-36(4-2)38-20-11-13-22-42(38)50(41)43-23-14-12-21-39(43)48-44(50)27-29-46-49(48)53-47-31-35(25-28-45(47)52-46)51-34-24-26-37(32-16-7-5-8-17-32)40(30-34)33-18-9-6-10-19-33/h2-3,5-30,35,46,49,51H,31H2,1H3/b15-3-. The van der Waals surface area contributed by atoms with Crippen molar-refractivity contribution < 1.29 is 9.47 Å². The number of hydrogen-bond donors (Lipinski definition) is 1. The van der Waals surface area contributed by atoms with Crippen molar-refractivity contribution in [2.24, 2.45) is 0 Å². The van der Waals surface area contributed by atoms with Gasteiger partial charge in [0.15, 0.2) is 18.0 Å². The lowest BCUT2D eigenvalue weighted by Gasteiger charge is -2.40. The number of anilines is 1. The second-order valence-corrected chi connectivity index (χ2v) is 14.2. The van der Waals surface area contributed by atoms with Crippen molar-refractivity contribution in [1.82, 2.24) is 0 Å². The molecule has 0 saturated carbocycles. The maximum absolute atomic E-state index is 7.12. The second-order valence-electron chi connectivity index (χ2n) is 14.2. The van der Waals surface area contributed by atoms with Crippen molar-refractivity contribution in [3.05, 3.63) is 209 Å². The van der Waals surface area contributed by atoms with Crippen LogP contribution in [0.15, 0.2) is 187 Å². The van der Waals surface area contributed by atoms with Gasteiger partial charge in [0.25, 0.3) is 0 Å². The van der Waals surface area contributed by atoms with Gasteiger partial charge in [0.2, 0.25) is 0 Å². The minimum absolute atomic E-state index is 0.0269. The molecule has 4 aliphatic carbocycles. The molecule has 4 atom stereocenters. The van der Waals surface area contributed by atoms with Gasteiger partial charge < -0.3 is 14.8 Å². The largest absolute Gasteiger partial charge is 0.482 e. The molecule has 0 radical (unpaired) electrons. The first-order valence-electron chi connectivity index (χ1n) is 18.4. The zero-order valence-corrected chi connectivity index (χ0v) is 29.4. The molecule has 0 bridgehead atoms. The first-order valence-corrected chi connectivity index (χ1v) is 18.4. The summed E-state index contributed by atoms with van der Waals surface area (Å²) in [5.74, 6) is 4.75. The summed E-state index contributed by atoms with van der Waals surface area (Å²) in [7, 11) is 0. The average molecular weight is 684 g/mol. The molecule has 5 aromatic carbocycles. The molecule has 0 saturated heterocycles. The lowest BCUT2D eigenvalue weighted by atomic mass is 9.68. The summed E-state index contributed by atoms with van der Waals surface area (Å²) in [4.78, 5) is 0. The minimum Gasteiger partial charge on any atom is -0.482 e. The van der Waals surface area contributed by atoms with Crippen LogP contribution < -0.4 is 5.32 Å². The number of terminal acetylenes is 1. The van der Waals surface area contributed by atoms with Gasteiger partial charge in [-0.25, -0.2) is 0 Å². The summed E-state index contributed by atoms with van der Waals surface area (Å²) >= 11 is 0. The molecule has 0 aromatic heterocycles. The summed E-state index contributed by atoms with van der Waals surface area (Å²) in [6.07, 6.45) is 19.4. The molecule has 3 nitrogen and oxygen atoms in total. The van der Waals surface area contributed by atoms with Gasteiger partial charge in [0.05, 0.1) is 11.5 Å². The molecule has 10 rings (SSSR count). The molecule has 4 unspecified atom stereocenters. The Morgan fingerprint density at radius 1 is 0.717 bits per heavy atom. The average Bonchev–Trinajstić information content (AvgIpc) is 3.67. The monoisotopic (exact) mass is 683 g/mol. The highest BCUT2D eigenvalue weighted by Gasteiger charge is 2.56. The Labute approximate surface area is 311 Å². The molecule has 1 N–H and O–H groups in total. The van der Waals surface area contributed by atoms with E-state index in [4.69, 9.17) is 15.9 Å². The molecule has 3 heteroatoms. The lowest BCUT2D eigenvalue weighted by Crippen LogP contribution is -2.39. The maximum Gasteiger partial charge on any atom is 0.165 e. The van der Waals surface area contributed by atoms with Gasteiger partial charge in [-0.15, -0.1) is 6.42 Å². The molecule has 1 spiro atoms. The van der Waals surface area contributed by atoms with E-state index in [9.17, 15) is 0 Å². The number of hydrogen-bond acceptors (Lipinski definition) is 3. The Bertz CT molecular complexity index is 2540. The van der Waals surface area contributed by atoms with Crippen LogP contribution in [-0.2, 0) is 14.9 Å². The van der Waals surface area contributed by atoms with Crippen LogP contribution >= 0.6 is 0 Å². The molecule has 1 heterocycles. The maximum atomic E-state index is 7.12.